The highest BCUT2D eigenvalue weighted by molar-refractivity contribution is 5.98. The number of amides is 1. The number of hydrogen-bond acceptors (Lipinski definition) is 6. The number of halogens is 1. The summed E-state index contributed by atoms with van der Waals surface area (Å²) in [6, 6.07) is 7.80. The van der Waals surface area contributed by atoms with Gasteiger partial charge in [-0.1, -0.05) is 0 Å². The minimum absolute atomic E-state index is 0.129. The van der Waals surface area contributed by atoms with Crippen molar-refractivity contribution >= 4 is 5.91 Å². The summed E-state index contributed by atoms with van der Waals surface area (Å²) in [5, 5.41) is 0. The second-order valence-corrected chi connectivity index (χ2v) is 6.93. The fourth-order valence-corrected chi connectivity index (χ4v) is 3.59. The number of ether oxygens (including phenoxy) is 4. The average Bonchev–Trinajstić information content (AvgIpc) is 2.78. The van der Waals surface area contributed by atoms with E-state index >= 15 is 0 Å². The molecular formula is C22H27FN2O5. The van der Waals surface area contributed by atoms with Gasteiger partial charge < -0.3 is 23.8 Å². The molecule has 0 atom stereocenters. The molecule has 0 bridgehead atoms. The molecule has 1 saturated heterocycles. The van der Waals surface area contributed by atoms with Crippen LogP contribution in [0.2, 0.25) is 0 Å². The van der Waals surface area contributed by atoms with Crippen molar-refractivity contribution in [2.45, 2.75) is 6.54 Å². The number of carbonyl (C=O) groups is 1. The van der Waals surface area contributed by atoms with Gasteiger partial charge in [0.25, 0.3) is 5.91 Å². The van der Waals surface area contributed by atoms with Gasteiger partial charge in [0, 0.05) is 50.4 Å². The molecule has 0 spiro atoms. The highest BCUT2D eigenvalue weighted by Crippen LogP contribution is 2.35. The number of nitrogens with zero attached hydrogens (tertiary/aromatic N) is 2. The van der Waals surface area contributed by atoms with Gasteiger partial charge in [0.15, 0.2) is 11.5 Å². The molecule has 1 heterocycles. The van der Waals surface area contributed by atoms with Crippen LogP contribution >= 0.6 is 0 Å². The molecule has 0 saturated carbocycles. The van der Waals surface area contributed by atoms with Crippen LogP contribution in [0.15, 0.2) is 30.3 Å². The Labute approximate surface area is 175 Å². The maximum atomic E-state index is 13.6. The van der Waals surface area contributed by atoms with Crippen molar-refractivity contribution in [3.63, 3.8) is 0 Å². The maximum Gasteiger partial charge on any atom is 0.257 e. The van der Waals surface area contributed by atoms with Crippen LogP contribution in [0, 0.1) is 5.82 Å². The summed E-state index contributed by atoms with van der Waals surface area (Å²) in [6.07, 6.45) is 0. The van der Waals surface area contributed by atoms with Crippen molar-refractivity contribution in [1.29, 1.82) is 0 Å². The molecule has 30 heavy (non-hydrogen) atoms. The average molecular weight is 418 g/mol. The summed E-state index contributed by atoms with van der Waals surface area (Å²) in [5.74, 6) is 1.64. The van der Waals surface area contributed by atoms with Crippen molar-refractivity contribution in [2.75, 3.05) is 54.6 Å². The van der Waals surface area contributed by atoms with E-state index < -0.39 is 0 Å². The van der Waals surface area contributed by atoms with Crippen molar-refractivity contribution < 1.29 is 28.1 Å². The molecule has 0 radical (unpaired) electrons. The molecule has 1 amide bonds. The zero-order valence-corrected chi connectivity index (χ0v) is 17.7. The summed E-state index contributed by atoms with van der Waals surface area (Å²) >= 11 is 0. The van der Waals surface area contributed by atoms with Gasteiger partial charge in [0.1, 0.15) is 17.3 Å². The molecule has 1 aliphatic rings. The Morgan fingerprint density at radius 1 is 0.833 bits per heavy atom. The lowest BCUT2D eigenvalue weighted by atomic mass is 10.1. The van der Waals surface area contributed by atoms with Gasteiger partial charge in [-0.05, 0) is 18.2 Å². The molecule has 8 heteroatoms. The van der Waals surface area contributed by atoms with E-state index in [-0.39, 0.29) is 11.7 Å². The number of carbonyl (C=O) groups excluding carboxylic acids is 1. The van der Waals surface area contributed by atoms with E-state index in [1.54, 1.807) is 30.2 Å². The van der Waals surface area contributed by atoms with Gasteiger partial charge in [-0.3, -0.25) is 9.69 Å². The van der Waals surface area contributed by atoms with E-state index in [2.05, 4.69) is 4.90 Å². The number of methoxy groups -OCH3 is 4. The topological polar surface area (TPSA) is 60.5 Å². The highest BCUT2D eigenvalue weighted by atomic mass is 19.1. The smallest absolute Gasteiger partial charge is 0.257 e. The Bertz CT molecular complexity index is 897. The molecular weight excluding hydrogens is 391 g/mol. The molecule has 0 aliphatic carbocycles. The lowest BCUT2D eigenvalue weighted by Crippen LogP contribution is -2.48. The van der Waals surface area contributed by atoms with Crippen LogP contribution in [0.1, 0.15) is 15.9 Å². The summed E-state index contributed by atoms with van der Waals surface area (Å²) < 4.78 is 35.0. The molecule has 0 N–H and O–H groups in total. The Kier molecular flexibility index (Phi) is 6.99. The Morgan fingerprint density at radius 3 is 2.03 bits per heavy atom. The molecule has 1 fully saturated rings. The second-order valence-electron chi connectivity index (χ2n) is 6.93. The lowest BCUT2D eigenvalue weighted by Gasteiger charge is -2.35. The molecule has 2 aromatic carbocycles. The van der Waals surface area contributed by atoms with E-state index in [0.29, 0.717) is 61.3 Å². The predicted octanol–water partition coefficient (Wildman–Crippen LogP) is 2.82. The van der Waals surface area contributed by atoms with Gasteiger partial charge in [-0.25, -0.2) is 4.39 Å². The number of rotatable bonds is 7. The zero-order valence-electron chi connectivity index (χ0n) is 17.7. The van der Waals surface area contributed by atoms with Gasteiger partial charge in [-0.2, -0.15) is 0 Å². The van der Waals surface area contributed by atoms with E-state index in [9.17, 15) is 9.18 Å². The summed E-state index contributed by atoms with van der Waals surface area (Å²) in [4.78, 5) is 17.1. The Balaban J connectivity index is 1.69. The largest absolute Gasteiger partial charge is 0.496 e. The lowest BCUT2D eigenvalue weighted by molar-refractivity contribution is 0.0623. The van der Waals surface area contributed by atoms with E-state index in [0.717, 1.165) is 5.56 Å². The van der Waals surface area contributed by atoms with Crippen LogP contribution < -0.4 is 18.9 Å². The van der Waals surface area contributed by atoms with Gasteiger partial charge in [0.2, 0.25) is 0 Å². The number of hydrogen-bond donors (Lipinski definition) is 0. The minimum Gasteiger partial charge on any atom is -0.496 e. The first-order chi connectivity index (χ1) is 14.5. The molecule has 162 valence electrons. The van der Waals surface area contributed by atoms with Crippen LogP contribution in [0.4, 0.5) is 4.39 Å². The SMILES string of the molecule is COc1ccc(F)cc1CN1CCN(C(=O)c2cc(OC)c(OC)cc2OC)CC1. The fourth-order valence-electron chi connectivity index (χ4n) is 3.59. The Hall–Kier alpha value is -3.00. The molecule has 0 aromatic heterocycles. The van der Waals surface area contributed by atoms with Crippen LogP contribution in [0.25, 0.3) is 0 Å². The third kappa shape index (κ3) is 4.59. The zero-order chi connectivity index (χ0) is 21.7. The van der Waals surface area contributed by atoms with Crippen molar-refractivity contribution in [2.24, 2.45) is 0 Å². The van der Waals surface area contributed by atoms with Gasteiger partial charge in [0.05, 0.1) is 34.0 Å². The fraction of sp³-hybridized carbons (Fsp3) is 0.409. The van der Waals surface area contributed by atoms with E-state index in [1.165, 1.54) is 33.5 Å². The summed E-state index contributed by atoms with van der Waals surface area (Å²) in [6.45, 7) is 2.99. The van der Waals surface area contributed by atoms with Crippen molar-refractivity contribution in [3.05, 3.63) is 47.3 Å². The van der Waals surface area contributed by atoms with Gasteiger partial charge in [-0.15, -0.1) is 0 Å². The second kappa shape index (κ2) is 9.67. The highest BCUT2D eigenvalue weighted by Gasteiger charge is 2.26. The molecule has 0 unspecified atom stereocenters. The third-order valence-corrected chi connectivity index (χ3v) is 5.23. The van der Waals surface area contributed by atoms with E-state index in [1.807, 2.05) is 0 Å². The van der Waals surface area contributed by atoms with Crippen molar-refractivity contribution in [3.8, 4) is 23.0 Å². The summed E-state index contributed by atoms with van der Waals surface area (Å²) in [5.41, 5.74) is 1.22. The first-order valence-corrected chi connectivity index (χ1v) is 9.64. The number of benzene rings is 2. The normalized spacial score (nSPS) is 14.4. The third-order valence-electron chi connectivity index (χ3n) is 5.23. The van der Waals surface area contributed by atoms with Crippen LogP contribution in [-0.2, 0) is 6.54 Å². The van der Waals surface area contributed by atoms with E-state index in [4.69, 9.17) is 18.9 Å². The van der Waals surface area contributed by atoms with Gasteiger partial charge >= 0.3 is 0 Å². The van der Waals surface area contributed by atoms with Crippen LogP contribution in [-0.4, -0.2) is 70.3 Å². The molecule has 1 aliphatic heterocycles. The summed E-state index contributed by atoms with van der Waals surface area (Å²) in [7, 11) is 6.15. The monoisotopic (exact) mass is 418 g/mol. The standard InChI is InChI=1S/C22H27FN2O5/c1-27-18-6-5-16(23)11-15(18)14-24-7-9-25(10-8-24)22(26)17-12-20(29-3)21(30-4)13-19(17)28-2/h5-6,11-13H,7-10,14H2,1-4H3. The first-order valence-electron chi connectivity index (χ1n) is 9.64. The first kappa shape index (κ1) is 21.7. The van der Waals surface area contributed by atoms with Crippen LogP contribution in [0.3, 0.4) is 0 Å². The quantitative estimate of drug-likeness (QED) is 0.689. The maximum absolute atomic E-state index is 13.6. The minimum atomic E-state index is -0.292. The molecule has 2 aromatic rings. The number of piperazine rings is 1. The van der Waals surface area contributed by atoms with Crippen LogP contribution in [0.5, 0.6) is 23.0 Å². The molecule has 3 rings (SSSR count). The van der Waals surface area contributed by atoms with Crippen molar-refractivity contribution in [1.82, 2.24) is 9.80 Å². The molecule has 7 nitrogen and oxygen atoms in total. The predicted molar refractivity (Wildman–Crippen MR) is 110 cm³/mol. The Morgan fingerprint density at radius 2 is 1.43 bits per heavy atom.